The third-order valence-corrected chi connectivity index (χ3v) is 4.07. The van der Waals surface area contributed by atoms with Crippen LogP contribution in [0.2, 0.25) is 5.02 Å². The van der Waals surface area contributed by atoms with Gasteiger partial charge < -0.3 is 5.73 Å². The van der Waals surface area contributed by atoms with E-state index in [4.69, 9.17) is 17.3 Å². The average Bonchev–Trinajstić information content (AvgIpc) is 2.39. The number of sulfonamides is 1. The van der Waals surface area contributed by atoms with E-state index < -0.39 is 10.0 Å². The van der Waals surface area contributed by atoms with Crippen molar-refractivity contribution in [3.05, 3.63) is 47.1 Å². The number of nitrogens with zero attached hydrogens (tertiary/aromatic N) is 2. The molecule has 0 amide bonds. The Kier molecular flexibility index (Phi) is 3.98. The normalized spacial score (nSPS) is 11.3. The zero-order chi connectivity index (χ0) is 13.9. The van der Waals surface area contributed by atoms with Crippen molar-refractivity contribution in [1.29, 1.82) is 0 Å². The van der Waals surface area contributed by atoms with Crippen LogP contribution < -0.4 is 10.5 Å². The Morgan fingerprint density at radius 2 is 2.11 bits per heavy atom. The van der Waals surface area contributed by atoms with E-state index in [9.17, 15) is 8.42 Å². The lowest BCUT2D eigenvalue weighted by Gasteiger charge is -2.08. The van der Waals surface area contributed by atoms with Gasteiger partial charge in [0, 0.05) is 17.8 Å². The van der Waals surface area contributed by atoms with Crippen molar-refractivity contribution in [3.8, 4) is 0 Å². The molecule has 1 aromatic heterocycles. The number of benzene rings is 1. The zero-order valence-corrected chi connectivity index (χ0v) is 11.3. The summed E-state index contributed by atoms with van der Waals surface area (Å²) in [6, 6.07) is 7.44. The smallest absolute Gasteiger partial charge is 0.263 e. The standard InChI is InChI=1S/C11H11ClN4O2S/c12-10-6-9(4-3-8(10)7-13)19(17,18)16-11-2-1-5-14-15-11/h1-6H,7,13H2,(H,15,16). The predicted octanol–water partition coefficient (Wildman–Crippen LogP) is 1.39. The van der Waals surface area contributed by atoms with E-state index in [1.807, 2.05) is 0 Å². The molecule has 1 aromatic carbocycles. The van der Waals surface area contributed by atoms with Gasteiger partial charge in [0.25, 0.3) is 10.0 Å². The van der Waals surface area contributed by atoms with Crippen LogP contribution in [-0.4, -0.2) is 18.6 Å². The van der Waals surface area contributed by atoms with Crippen LogP contribution in [-0.2, 0) is 16.6 Å². The van der Waals surface area contributed by atoms with Gasteiger partial charge >= 0.3 is 0 Å². The molecule has 0 spiro atoms. The lowest BCUT2D eigenvalue weighted by Crippen LogP contribution is -2.14. The van der Waals surface area contributed by atoms with Crippen LogP contribution in [0.5, 0.6) is 0 Å². The molecule has 0 saturated heterocycles. The molecule has 0 unspecified atom stereocenters. The molecule has 1 heterocycles. The average molecular weight is 299 g/mol. The predicted molar refractivity (Wildman–Crippen MR) is 72.2 cm³/mol. The number of hydrogen-bond acceptors (Lipinski definition) is 5. The quantitative estimate of drug-likeness (QED) is 0.889. The second kappa shape index (κ2) is 5.52. The number of nitrogens with two attached hydrogens (primary N) is 1. The molecule has 19 heavy (non-hydrogen) atoms. The summed E-state index contributed by atoms with van der Waals surface area (Å²) in [5.41, 5.74) is 6.15. The number of halogens is 1. The van der Waals surface area contributed by atoms with Crippen molar-refractivity contribution in [1.82, 2.24) is 10.2 Å². The fraction of sp³-hybridized carbons (Fsp3) is 0.0909. The van der Waals surface area contributed by atoms with Crippen LogP contribution in [0, 0.1) is 0 Å². The molecule has 0 fully saturated rings. The molecule has 0 atom stereocenters. The van der Waals surface area contributed by atoms with Gasteiger partial charge in [-0.05, 0) is 29.8 Å². The minimum absolute atomic E-state index is 0.0420. The summed E-state index contributed by atoms with van der Waals surface area (Å²) in [5.74, 6) is 0.140. The van der Waals surface area contributed by atoms with E-state index in [-0.39, 0.29) is 17.3 Å². The number of aromatic nitrogens is 2. The molecule has 0 aliphatic heterocycles. The van der Waals surface area contributed by atoms with Gasteiger partial charge in [-0.2, -0.15) is 5.10 Å². The molecule has 0 aliphatic carbocycles. The maximum atomic E-state index is 12.1. The molecule has 2 aromatic rings. The Morgan fingerprint density at radius 3 is 2.68 bits per heavy atom. The van der Waals surface area contributed by atoms with Crippen molar-refractivity contribution >= 4 is 27.4 Å². The summed E-state index contributed by atoms with van der Waals surface area (Å²) in [4.78, 5) is 0.0420. The second-order valence-electron chi connectivity index (χ2n) is 3.67. The molecule has 3 N–H and O–H groups in total. The number of anilines is 1. The summed E-state index contributed by atoms with van der Waals surface area (Å²) in [5, 5.41) is 7.55. The second-order valence-corrected chi connectivity index (χ2v) is 5.76. The van der Waals surface area contributed by atoms with Crippen LogP contribution in [0.3, 0.4) is 0 Å². The maximum Gasteiger partial charge on any atom is 0.263 e. The molecule has 0 radical (unpaired) electrons. The van der Waals surface area contributed by atoms with Crippen molar-refractivity contribution in [2.45, 2.75) is 11.4 Å². The van der Waals surface area contributed by atoms with E-state index in [0.717, 1.165) is 0 Å². The van der Waals surface area contributed by atoms with Crippen LogP contribution >= 0.6 is 11.6 Å². The fourth-order valence-electron chi connectivity index (χ4n) is 1.41. The van der Waals surface area contributed by atoms with Crippen LogP contribution in [0.15, 0.2) is 41.4 Å². The highest BCUT2D eigenvalue weighted by Crippen LogP contribution is 2.21. The molecule has 0 aliphatic rings. The zero-order valence-electron chi connectivity index (χ0n) is 9.75. The molecule has 6 nitrogen and oxygen atoms in total. The Labute approximate surface area is 115 Å². The SMILES string of the molecule is NCc1ccc(S(=O)(=O)Nc2cccnn2)cc1Cl. The molecule has 0 bridgehead atoms. The first-order valence-electron chi connectivity index (χ1n) is 5.32. The Balaban J connectivity index is 2.32. The van der Waals surface area contributed by atoms with Gasteiger partial charge in [-0.1, -0.05) is 17.7 Å². The number of nitrogens with one attached hydrogen (secondary N) is 1. The largest absolute Gasteiger partial charge is 0.326 e. The van der Waals surface area contributed by atoms with Gasteiger partial charge in [0.05, 0.1) is 4.90 Å². The minimum Gasteiger partial charge on any atom is -0.326 e. The maximum absolute atomic E-state index is 12.1. The summed E-state index contributed by atoms with van der Waals surface area (Å²) < 4.78 is 26.5. The first kappa shape index (κ1) is 13.7. The highest BCUT2D eigenvalue weighted by Gasteiger charge is 2.16. The first-order valence-corrected chi connectivity index (χ1v) is 7.18. The summed E-state index contributed by atoms with van der Waals surface area (Å²) in [7, 11) is -3.74. The molecule has 100 valence electrons. The number of hydrogen-bond donors (Lipinski definition) is 2. The highest BCUT2D eigenvalue weighted by atomic mass is 35.5. The third kappa shape index (κ3) is 3.19. The van der Waals surface area contributed by atoms with Crippen molar-refractivity contribution in [3.63, 3.8) is 0 Å². The van der Waals surface area contributed by atoms with Gasteiger partial charge in [0.15, 0.2) is 5.82 Å². The third-order valence-electron chi connectivity index (χ3n) is 2.37. The van der Waals surface area contributed by atoms with Gasteiger partial charge in [0.2, 0.25) is 0 Å². The Hall–Kier alpha value is -1.70. The number of rotatable bonds is 4. The molecular weight excluding hydrogens is 288 g/mol. The molecule has 8 heteroatoms. The van der Waals surface area contributed by atoms with Crippen LogP contribution in [0.4, 0.5) is 5.82 Å². The van der Waals surface area contributed by atoms with Crippen molar-refractivity contribution in [2.75, 3.05) is 4.72 Å². The van der Waals surface area contributed by atoms with Crippen LogP contribution in [0.25, 0.3) is 0 Å². The van der Waals surface area contributed by atoms with Gasteiger partial charge in [-0.3, -0.25) is 4.72 Å². The molecule has 0 saturated carbocycles. The lowest BCUT2D eigenvalue weighted by molar-refractivity contribution is 0.601. The van der Waals surface area contributed by atoms with E-state index >= 15 is 0 Å². The van der Waals surface area contributed by atoms with E-state index in [0.29, 0.717) is 10.6 Å². The van der Waals surface area contributed by atoms with E-state index in [2.05, 4.69) is 14.9 Å². The summed E-state index contributed by atoms with van der Waals surface area (Å²) in [6.07, 6.45) is 1.45. The van der Waals surface area contributed by atoms with Gasteiger partial charge in [-0.25, -0.2) is 8.42 Å². The Bertz CT molecular complexity index is 676. The molecular formula is C11H11ClN4O2S. The van der Waals surface area contributed by atoms with Gasteiger partial charge in [0.1, 0.15) is 0 Å². The van der Waals surface area contributed by atoms with E-state index in [1.165, 1.54) is 24.4 Å². The summed E-state index contributed by atoms with van der Waals surface area (Å²) >= 11 is 5.94. The van der Waals surface area contributed by atoms with E-state index in [1.54, 1.807) is 12.1 Å². The monoisotopic (exact) mass is 298 g/mol. The van der Waals surface area contributed by atoms with Crippen LogP contribution in [0.1, 0.15) is 5.56 Å². The minimum atomic E-state index is -3.74. The highest BCUT2D eigenvalue weighted by molar-refractivity contribution is 7.92. The van der Waals surface area contributed by atoms with Crippen molar-refractivity contribution < 1.29 is 8.42 Å². The first-order chi connectivity index (χ1) is 9.03. The van der Waals surface area contributed by atoms with Gasteiger partial charge in [-0.15, -0.1) is 5.10 Å². The topological polar surface area (TPSA) is 98.0 Å². The Morgan fingerprint density at radius 1 is 1.32 bits per heavy atom. The fourth-order valence-corrected chi connectivity index (χ4v) is 2.76. The van der Waals surface area contributed by atoms with Crippen molar-refractivity contribution in [2.24, 2.45) is 5.73 Å². The lowest BCUT2D eigenvalue weighted by atomic mass is 10.2. The summed E-state index contributed by atoms with van der Waals surface area (Å²) in [6.45, 7) is 0.247. The molecule has 2 rings (SSSR count).